The van der Waals surface area contributed by atoms with Gasteiger partial charge in [-0.05, 0) is 35.7 Å². The van der Waals surface area contributed by atoms with Gasteiger partial charge in [0.05, 0.1) is 0 Å². The van der Waals surface area contributed by atoms with Gasteiger partial charge in [-0.15, -0.1) is 0 Å². The van der Waals surface area contributed by atoms with Gasteiger partial charge < -0.3 is 15.1 Å². The molecular formula is C17H26N6S2. The molecule has 2 aromatic heterocycles. The van der Waals surface area contributed by atoms with Gasteiger partial charge in [0, 0.05) is 57.2 Å². The van der Waals surface area contributed by atoms with Crippen molar-refractivity contribution >= 4 is 34.0 Å². The molecule has 0 bridgehead atoms. The van der Waals surface area contributed by atoms with E-state index in [1.165, 1.54) is 17.1 Å². The number of aliphatic imine (C=N–C) groups is 1. The summed E-state index contributed by atoms with van der Waals surface area (Å²) in [5.74, 6) is 1.98. The largest absolute Gasteiger partial charge is 0.357 e. The fourth-order valence-corrected chi connectivity index (χ4v) is 4.28. The molecule has 0 saturated carbocycles. The summed E-state index contributed by atoms with van der Waals surface area (Å²) in [5, 5.41) is 8.81. The summed E-state index contributed by atoms with van der Waals surface area (Å²) in [5.41, 5.74) is 1.37. The Balaban J connectivity index is 1.54. The highest BCUT2D eigenvalue weighted by molar-refractivity contribution is 7.09. The molecule has 0 aromatic carbocycles. The molecule has 8 heteroatoms. The fourth-order valence-electron chi connectivity index (χ4n) is 2.78. The number of hydrogen-bond donors (Lipinski definition) is 1. The van der Waals surface area contributed by atoms with Crippen molar-refractivity contribution in [2.45, 2.75) is 26.7 Å². The highest BCUT2D eigenvalue weighted by atomic mass is 32.1. The molecule has 2 aromatic rings. The van der Waals surface area contributed by atoms with Gasteiger partial charge >= 0.3 is 0 Å². The zero-order valence-corrected chi connectivity index (χ0v) is 16.6. The third-order valence-electron chi connectivity index (χ3n) is 4.20. The van der Waals surface area contributed by atoms with Crippen LogP contribution in [-0.4, -0.2) is 59.5 Å². The summed E-state index contributed by atoms with van der Waals surface area (Å²) in [4.78, 5) is 14.1. The minimum Gasteiger partial charge on any atom is -0.357 e. The van der Waals surface area contributed by atoms with Crippen LogP contribution in [0.4, 0.5) is 5.13 Å². The van der Waals surface area contributed by atoms with Crippen LogP contribution in [0, 0.1) is 0 Å². The van der Waals surface area contributed by atoms with E-state index in [4.69, 9.17) is 4.99 Å². The maximum absolute atomic E-state index is 4.82. The Bertz CT molecular complexity index is 658. The van der Waals surface area contributed by atoms with Crippen molar-refractivity contribution in [3.8, 4) is 0 Å². The third-order valence-corrected chi connectivity index (χ3v) is 5.75. The first-order valence-corrected chi connectivity index (χ1v) is 10.6. The number of thiophene rings is 1. The summed E-state index contributed by atoms with van der Waals surface area (Å²) in [6.07, 6.45) is 1.90. The number of nitrogens with one attached hydrogen (secondary N) is 1. The first-order chi connectivity index (χ1) is 12.3. The van der Waals surface area contributed by atoms with Gasteiger partial charge in [-0.25, -0.2) is 4.98 Å². The van der Waals surface area contributed by atoms with Crippen molar-refractivity contribution in [2.75, 3.05) is 44.2 Å². The van der Waals surface area contributed by atoms with Gasteiger partial charge in [0.15, 0.2) is 5.96 Å². The van der Waals surface area contributed by atoms with E-state index in [1.807, 2.05) is 0 Å². The molecule has 1 aliphatic rings. The normalized spacial score (nSPS) is 15.7. The molecule has 1 aliphatic heterocycles. The molecular weight excluding hydrogens is 352 g/mol. The topological polar surface area (TPSA) is 56.7 Å². The lowest BCUT2D eigenvalue weighted by atomic mass is 10.2. The van der Waals surface area contributed by atoms with Crippen LogP contribution in [0.3, 0.4) is 0 Å². The third kappa shape index (κ3) is 4.92. The van der Waals surface area contributed by atoms with E-state index in [2.05, 4.69) is 55.1 Å². The molecule has 0 aliphatic carbocycles. The molecule has 0 radical (unpaired) electrons. The average molecular weight is 379 g/mol. The van der Waals surface area contributed by atoms with E-state index in [0.29, 0.717) is 0 Å². The van der Waals surface area contributed by atoms with Crippen LogP contribution in [-0.2, 0) is 12.8 Å². The van der Waals surface area contributed by atoms with Crippen LogP contribution in [0.25, 0.3) is 0 Å². The highest BCUT2D eigenvalue weighted by Gasteiger charge is 2.21. The fraction of sp³-hybridized carbons (Fsp3) is 0.588. The van der Waals surface area contributed by atoms with E-state index in [-0.39, 0.29) is 0 Å². The van der Waals surface area contributed by atoms with Gasteiger partial charge in [-0.3, -0.25) is 4.99 Å². The molecule has 0 atom stereocenters. The van der Waals surface area contributed by atoms with Gasteiger partial charge in [0.2, 0.25) is 5.13 Å². The van der Waals surface area contributed by atoms with Crippen LogP contribution in [0.15, 0.2) is 21.8 Å². The lowest BCUT2D eigenvalue weighted by Crippen LogP contribution is -2.52. The number of aryl methyl sites for hydroxylation is 1. The SMILES string of the molecule is CCNC(=NCCc1ccsc1)N1CCN(c2nc(CC)ns2)CC1. The zero-order chi connectivity index (χ0) is 17.5. The number of nitrogens with zero attached hydrogens (tertiary/aromatic N) is 5. The maximum atomic E-state index is 4.82. The number of hydrogen-bond acceptors (Lipinski definition) is 6. The molecule has 0 spiro atoms. The second kappa shape index (κ2) is 9.15. The summed E-state index contributed by atoms with van der Waals surface area (Å²) >= 11 is 3.26. The number of aromatic nitrogens is 2. The Morgan fingerprint density at radius 2 is 2.12 bits per heavy atom. The van der Waals surface area contributed by atoms with E-state index in [1.54, 1.807) is 11.3 Å². The molecule has 1 fully saturated rings. The number of piperazine rings is 1. The molecule has 0 unspecified atom stereocenters. The molecule has 0 amide bonds. The maximum Gasteiger partial charge on any atom is 0.205 e. The number of guanidine groups is 1. The van der Waals surface area contributed by atoms with Crippen LogP contribution in [0.1, 0.15) is 25.2 Å². The van der Waals surface area contributed by atoms with Crippen molar-refractivity contribution in [1.29, 1.82) is 0 Å². The molecule has 3 rings (SSSR count). The summed E-state index contributed by atoms with van der Waals surface area (Å²) < 4.78 is 4.40. The van der Waals surface area contributed by atoms with E-state index < -0.39 is 0 Å². The van der Waals surface area contributed by atoms with Crippen molar-refractivity contribution in [3.63, 3.8) is 0 Å². The lowest BCUT2D eigenvalue weighted by Gasteiger charge is -2.36. The van der Waals surface area contributed by atoms with Crippen LogP contribution >= 0.6 is 22.9 Å². The molecule has 136 valence electrons. The van der Waals surface area contributed by atoms with Crippen molar-refractivity contribution in [2.24, 2.45) is 4.99 Å². The van der Waals surface area contributed by atoms with E-state index >= 15 is 0 Å². The summed E-state index contributed by atoms with van der Waals surface area (Å²) in [6, 6.07) is 2.18. The Hall–Kier alpha value is -1.67. The second-order valence-corrected chi connectivity index (χ2v) is 7.45. The Morgan fingerprint density at radius 3 is 2.76 bits per heavy atom. The quantitative estimate of drug-likeness (QED) is 0.618. The van der Waals surface area contributed by atoms with Crippen molar-refractivity contribution < 1.29 is 0 Å². The first kappa shape index (κ1) is 18.1. The van der Waals surface area contributed by atoms with Gasteiger partial charge in [0.1, 0.15) is 5.82 Å². The lowest BCUT2D eigenvalue weighted by molar-refractivity contribution is 0.372. The summed E-state index contributed by atoms with van der Waals surface area (Å²) in [6.45, 7) is 9.80. The zero-order valence-electron chi connectivity index (χ0n) is 14.9. The number of anilines is 1. The average Bonchev–Trinajstić information content (AvgIpc) is 3.33. The van der Waals surface area contributed by atoms with Crippen LogP contribution in [0.2, 0.25) is 0 Å². The van der Waals surface area contributed by atoms with Gasteiger partial charge in [-0.2, -0.15) is 15.7 Å². The van der Waals surface area contributed by atoms with Crippen molar-refractivity contribution in [1.82, 2.24) is 19.6 Å². The van der Waals surface area contributed by atoms with Gasteiger partial charge in [0.25, 0.3) is 0 Å². The molecule has 1 N–H and O–H groups in total. The van der Waals surface area contributed by atoms with Crippen LogP contribution in [0.5, 0.6) is 0 Å². The Morgan fingerprint density at radius 1 is 1.28 bits per heavy atom. The second-order valence-electron chi connectivity index (χ2n) is 5.94. The minimum absolute atomic E-state index is 0.829. The Labute approximate surface area is 157 Å². The molecule has 25 heavy (non-hydrogen) atoms. The molecule has 3 heterocycles. The van der Waals surface area contributed by atoms with Crippen LogP contribution < -0.4 is 10.2 Å². The highest BCUT2D eigenvalue weighted by Crippen LogP contribution is 2.19. The molecule has 1 saturated heterocycles. The van der Waals surface area contributed by atoms with Crippen molar-refractivity contribution in [3.05, 3.63) is 28.2 Å². The minimum atomic E-state index is 0.829. The smallest absolute Gasteiger partial charge is 0.205 e. The predicted octanol–water partition coefficient (Wildman–Crippen LogP) is 2.49. The standard InChI is InChI=1S/C17H26N6S2/c1-3-15-20-17(25-21-15)23-10-8-22(9-11-23)16(18-4-2)19-7-5-14-6-12-24-13-14/h6,12-13H,3-5,7-11H2,1-2H3,(H,18,19). The Kier molecular flexibility index (Phi) is 6.63. The predicted molar refractivity (Wildman–Crippen MR) is 107 cm³/mol. The van der Waals surface area contributed by atoms with E-state index in [9.17, 15) is 0 Å². The van der Waals surface area contributed by atoms with Gasteiger partial charge in [-0.1, -0.05) is 6.92 Å². The number of rotatable bonds is 6. The first-order valence-electron chi connectivity index (χ1n) is 8.92. The monoisotopic (exact) mass is 378 g/mol. The summed E-state index contributed by atoms with van der Waals surface area (Å²) in [7, 11) is 0. The molecule has 6 nitrogen and oxygen atoms in total. The van der Waals surface area contributed by atoms with E-state index in [0.717, 1.165) is 69.0 Å².